The minimum atomic E-state index is -2.93. The molecule has 154 valence electrons. The van der Waals surface area contributed by atoms with E-state index in [1.54, 1.807) is 6.92 Å². The molecule has 0 saturated carbocycles. The Morgan fingerprint density at radius 2 is 2.14 bits per heavy atom. The SMILES string of the molecule is Cc1c(CC(=O)N2CCC(F)(F)C2)c(=O)oc2c(C=O)c(O)c3c(c12)CCCO3. The Hall–Kier alpha value is -2.97. The Balaban J connectivity index is 1.84. The highest BCUT2D eigenvalue weighted by atomic mass is 19.3. The van der Waals surface area contributed by atoms with Crippen LogP contribution in [0.3, 0.4) is 0 Å². The molecule has 0 radical (unpaired) electrons. The summed E-state index contributed by atoms with van der Waals surface area (Å²) in [5.74, 6) is -3.73. The number of aldehydes is 1. The number of alkyl halides is 2. The highest BCUT2D eigenvalue weighted by Crippen LogP contribution is 2.44. The molecule has 1 N–H and O–H groups in total. The molecule has 0 aliphatic carbocycles. The van der Waals surface area contributed by atoms with Crippen molar-refractivity contribution >= 4 is 23.2 Å². The highest BCUT2D eigenvalue weighted by Gasteiger charge is 2.40. The predicted molar refractivity (Wildman–Crippen MR) is 97.9 cm³/mol. The summed E-state index contributed by atoms with van der Waals surface area (Å²) in [5, 5.41) is 10.8. The number of benzene rings is 1. The zero-order chi connectivity index (χ0) is 20.9. The first kappa shape index (κ1) is 19.4. The van der Waals surface area contributed by atoms with Gasteiger partial charge in [0.15, 0.2) is 23.4 Å². The average molecular weight is 407 g/mol. The lowest BCUT2D eigenvalue weighted by Crippen LogP contribution is -2.33. The molecule has 2 aliphatic heterocycles. The number of amides is 1. The van der Waals surface area contributed by atoms with E-state index in [9.17, 15) is 28.3 Å². The van der Waals surface area contributed by atoms with Gasteiger partial charge in [0.2, 0.25) is 5.91 Å². The molecule has 29 heavy (non-hydrogen) atoms. The van der Waals surface area contributed by atoms with Crippen molar-refractivity contribution in [2.75, 3.05) is 19.7 Å². The van der Waals surface area contributed by atoms with Crippen LogP contribution < -0.4 is 10.4 Å². The van der Waals surface area contributed by atoms with Crippen molar-refractivity contribution in [1.82, 2.24) is 4.90 Å². The Labute approximate surface area is 163 Å². The minimum Gasteiger partial charge on any atom is -0.504 e. The van der Waals surface area contributed by atoms with Crippen molar-refractivity contribution in [2.45, 2.75) is 38.5 Å². The van der Waals surface area contributed by atoms with Crippen molar-refractivity contribution < 1.29 is 32.6 Å². The average Bonchev–Trinajstić information content (AvgIpc) is 3.05. The molecule has 1 aromatic carbocycles. The van der Waals surface area contributed by atoms with Gasteiger partial charge >= 0.3 is 5.63 Å². The van der Waals surface area contributed by atoms with Crippen LogP contribution in [0.15, 0.2) is 9.21 Å². The summed E-state index contributed by atoms with van der Waals surface area (Å²) >= 11 is 0. The van der Waals surface area contributed by atoms with Crippen LogP contribution in [-0.2, 0) is 17.6 Å². The number of carbonyl (C=O) groups excluding carboxylic acids is 2. The monoisotopic (exact) mass is 407 g/mol. The van der Waals surface area contributed by atoms with Gasteiger partial charge in [-0.2, -0.15) is 0 Å². The smallest absolute Gasteiger partial charge is 0.340 e. The second-order valence-electron chi connectivity index (χ2n) is 7.44. The topological polar surface area (TPSA) is 97.1 Å². The maximum atomic E-state index is 13.4. The number of fused-ring (bicyclic) bond motifs is 3. The van der Waals surface area contributed by atoms with Crippen molar-refractivity contribution in [2.24, 2.45) is 0 Å². The third kappa shape index (κ3) is 3.14. The molecule has 2 aliphatic rings. The van der Waals surface area contributed by atoms with Gasteiger partial charge in [-0.05, 0) is 25.3 Å². The highest BCUT2D eigenvalue weighted by molar-refractivity contribution is 6.02. The number of halogens is 2. The van der Waals surface area contributed by atoms with Crippen LogP contribution in [0.4, 0.5) is 8.78 Å². The number of nitrogens with zero attached hydrogens (tertiary/aromatic N) is 1. The quantitative estimate of drug-likeness (QED) is 0.620. The molecule has 0 unspecified atom stereocenters. The molecule has 9 heteroatoms. The Morgan fingerprint density at radius 1 is 1.38 bits per heavy atom. The van der Waals surface area contributed by atoms with Crippen LogP contribution >= 0.6 is 0 Å². The summed E-state index contributed by atoms with van der Waals surface area (Å²) in [6, 6.07) is 0. The molecular formula is C20H19F2NO6. The summed E-state index contributed by atoms with van der Waals surface area (Å²) in [6.45, 7) is 1.24. The fourth-order valence-corrected chi connectivity index (χ4v) is 4.06. The molecule has 0 atom stereocenters. The number of hydrogen-bond donors (Lipinski definition) is 1. The van der Waals surface area contributed by atoms with Crippen LogP contribution in [0.2, 0.25) is 0 Å². The van der Waals surface area contributed by atoms with Gasteiger partial charge < -0.3 is 19.2 Å². The van der Waals surface area contributed by atoms with Gasteiger partial charge in [0.25, 0.3) is 5.92 Å². The van der Waals surface area contributed by atoms with Gasteiger partial charge in [0.05, 0.1) is 25.1 Å². The minimum absolute atomic E-state index is 0.0491. The van der Waals surface area contributed by atoms with E-state index in [-0.39, 0.29) is 41.2 Å². The number of phenols is 1. The molecule has 1 fully saturated rings. The Kier molecular flexibility index (Phi) is 4.55. The maximum Gasteiger partial charge on any atom is 0.340 e. The number of carbonyl (C=O) groups is 2. The molecule has 3 heterocycles. The molecule has 1 amide bonds. The fraction of sp³-hybridized carbons (Fsp3) is 0.450. The van der Waals surface area contributed by atoms with Crippen LogP contribution in [0.1, 0.15) is 39.9 Å². The number of phenolic OH excluding ortho intramolecular Hbond substituents is 1. The Morgan fingerprint density at radius 3 is 2.79 bits per heavy atom. The summed E-state index contributed by atoms with van der Waals surface area (Å²) in [5.41, 5.74) is -0.0370. The first-order chi connectivity index (χ1) is 13.7. The van der Waals surface area contributed by atoms with E-state index in [1.165, 1.54) is 0 Å². The largest absolute Gasteiger partial charge is 0.504 e. The number of rotatable bonds is 3. The molecule has 0 spiro atoms. The van der Waals surface area contributed by atoms with E-state index in [1.807, 2.05) is 0 Å². The van der Waals surface area contributed by atoms with Crippen molar-refractivity contribution in [1.29, 1.82) is 0 Å². The van der Waals surface area contributed by atoms with Gasteiger partial charge in [-0.3, -0.25) is 9.59 Å². The lowest BCUT2D eigenvalue weighted by atomic mass is 9.92. The first-order valence-electron chi connectivity index (χ1n) is 9.31. The van der Waals surface area contributed by atoms with E-state index in [0.717, 1.165) is 4.90 Å². The third-order valence-electron chi connectivity index (χ3n) is 5.57. The van der Waals surface area contributed by atoms with Crippen LogP contribution in [0.5, 0.6) is 11.5 Å². The number of hydrogen-bond acceptors (Lipinski definition) is 6. The second kappa shape index (κ2) is 6.82. The predicted octanol–water partition coefficient (Wildman–Crippen LogP) is 2.35. The molecule has 0 bridgehead atoms. The van der Waals surface area contributed by atoms with Crippen LogP contribution in [0, 0.1) is 6.92 Å². The number of aromatic hydroxyl groups is 1. The van der Waals surface area contributed by atoms with Gasteiger partial charge in [-0.1, -0.05) is 0 Å². The third-order valence-corrected chi connectivity index (χ3v) is 5.57. The second-order valence-corrected chi connectivity index (χ2v) is 7.44. The van der Waals surface area contributed by atoms with Gasteiger partial charge in [0, 0.05) is 23.9 Å². The van der Waals surface area contributed by atoms with Crippen molar-refractivity contribution in [3.05, 3.63) is 32.7 Å². The van der Waals surface area contributed by atoms with Crippen molar-refractivity contribution in [3.8, 4) is 11.5 Å². The lowest BCUT2D eigenvalue weighted by molar-refractivity contribution is -0.131. The standard InChI is InChI=1S/C20H19F2NO6/c1-10-12(7-14(25)23-5-4-20(21,22)9-23)19(27)29-17-13(8-24)16(26)18-11(15(10)17)3-2-6-28-18/h8,26H,2-7,9H2,1H3. The summed E-state index contributed by atoms with van der Waals surface area (Å²) < 4.78 is 37.7. The number of aryl methyl sites for hydroxylation is 2. The summed E-state index contributed by atoms with van der Waals surface area (Å²) in [6.07, 6.45) is 0.788. The van der Waals surface area contributed by atoms with E-state index >= 15 is 0 Å². The fourth-order valence-electron chi connectivity index (χ4n) is 4.06. The summed E-state index contributed by atoms with van der Waals surface area (Å²) in [4.78, 5) is 37.6. The van der Waals surface area contributed by atoms with E-state index < -0.39 is 30.4 Å². The lowest BCUT2D eigenvalue weighted by Gasteiger charge is -2.23. The molecular weight excluding hydrogens is 388 g/mol. The van der Waals surface area contributed by atoms with E-state index in [0.29, 0.717) is 42.2 Å². The molecule has 7 nitrogen and oxygen atoms in total. The molecule has 1 aromatic heterocycles. The van der Waals surface area contributed by atoms with Crippen molar-refractivity contribution in [3.63, 3.8) is 0 Å². The molecule has 4 rings (SSSR count). The van der Waals surface area contributed by atoms with Gasteiger partial charge in [0.1, 0.15) is 5.56 Å². The zero-order valence-electron chi connectivity index (χ0n) is 15.7. The summed E-state index contributed by atoms with van der Waals surface area (Å²) in [7, 11) is 0. The Bertz CT molecular complexity index is 1090. The molecule has 1 saturated heterocycles. The van der Waals surface area contributed by atoms with Gasteiger partial charge in [-0.15, -0.1) is 0 Å². The van der Waals surface area contributed by atoms with E-state index in [4.69, 9.17) is 9.15 Å². The normalized spacial score (nSPS) is 17.8. The van der Waals surface area contributed by atoms with Crippen LogP contribution in [0.25, 0.3) is 11.0 Å². The van der Waals surface area contributed by atoms with Crippen LogP contribution in [-0.4, -0.2) is 47.8 Å². The van der Waals surface area contributed by atoms with E-state index in [2.05, 4.69) is 0 Å². The number of likely N-dealkylation sites (tertiary alicyclic amines) is 1. The first-order valence-corrected chi connectivity index (χ1v) is 9.31. The molecule has 2 aromatic rings. The van der Waals surface area contributed by atoms with Gasteiger partial charge in [-0.25, -0.2) is 13.6 Å². The number of ether oxygens (including phenoxy) is 1. The maximum absolute atomic E-state index is 13.4. The zero-order valence-corrected chi connectivity index (χ0v) is 15.7.